The van der Waals surface area contributed by atoms with E-state index in [2.05, 4.69) is 55.7 Å². The fraction of sp³-hybridized carbons (Fsp3) is 0.562. The highest BCUT2D eigenvalue weighted by Gasteiger charge is 2.25. The first-order chi connectivity index (χ1) is 9.49. The van der Waals surface area contributed by atoms with Gasteiger partial charge >= 0.3 is 0 Å². The number of hydrogen-bond acceptors (Lipinski definition) is 3. The van der Waals surface area contributed by atoms with E-state index in [0.717, 1.165) is 6.54 Å². The molecule has 1 aromatic rings. The van der Waals surface area contributed by atoms with Crippen molar-refractivity contribution in [3.05, 3.63) is 35.4 Å². The molecule has 1 heterocycles. The van der Waals surface area contributed by atoms with Crippen LogP contribution in [0, 0.1) is 6.92 Å². The van der Waals surface area contributed by atoms with Gasteiger partial charge in [-0.2, -0.15) is 0 Å². The van der Waals surface area contributed by atoms with Gasteiger partial charge in [-0.3, -0.25) is 4.79 Å². The Bertz CT molecular complexity index is 454. The molecule has 0 spiro atoms. The highest BCUT2D eigenvalue weighted by atomic mass is 35.5. The number of carbonyl (C=O) groups excluding carboxylic acids is 1. The van der Waals surface area contributed by atoms with Crippen molar-refractivity contribution in [2.75, 3.05) is 26.3 Å². The van der Waals surface area contributed by atoms with Gasteiger partial charge in [0.2, 0.25) is 5.91 Å². The third kappa shape index (κ3) is 4.99. The number of ether oxygens (including phenoxy) is 1. The third-order valence-corrected chi connectivity index (χ3v) is 3.78. The van der Waals surface area contributed by atoms with Crippen molar-refractivity contribution in [1.29, 1.82) is 0 Å². The highest BCUT2D eigenvalue weighted by Crippen LogP contribution is 2.22. The monoisotopic (exact) mass is 312 g/mol. The van der Waals surface area contributed by atoms with Gasteiger partial charge in [0.1, 0.15) is 6.04 Å². The van der Waals surface area contributed by atoms with Gasteiger partial charge in [0.05, 0.1) is 13.2 Å². The summed E-state index contributed by atoms with van der Waals surface area (Å²) >= 11 is 0. The lowest BCUT2D eigenvalue weighted by molar-refractivity contribution is -0.126. The summed E-state index contributed by atoms with van der Waals surface area (Å²) in [6.07, 6.45) is 0. The Morgan fingerprint density at radius 1 is 1.38 bits per heavy atom. The van der Waals surface area contributed by atoms with Crippen LogP contribution in [0.25, 0.3) is 0 Å². The molecule has 1 aliphatic heterocycles. The first-order valence-electron chi connectivity index (χ1n) is 7.15. The second-order valence-electron chi connectivity index (χ2n) is 6.05. The summed E-state index contributed by atoms with van der Waals surface area (Å²) < 4.78 is 5.31. The van der Waals surface area contributed by atoms with Gasteiger partial charge in [-0.15, -0.1) is 12.4 Å². The predicted molar refractivity (Wildman–Crippen MR) is 87.1 cm³/mol. The van der Waals surface area contributed by atoms with Crippen molar-refractivity contribution in [3.63, 3.8) is 0 Å². The van der Waals surface area contributed by atoms with E-state index in [-0.39, 0.29) is 29.8 Å². The molecule has 0 radical (unpaired) electrons. The van der Waals surface area contributed by atoms with Crippen LogP contribution in [-0.4, -0.2) is 38.3 Å². The smallest absolute Gasteiger partial charge is 0.239 e. The zero-order valence-corrected chi connectivity index (χ0v) is 13.8. The van der Waals surface area contributed by atoms with E-state index < -0.39 is 0 Å². The van der Waals surface area contributed by atoms with Crippen molar-refractivity contribution in [1.82, 2.24) is 10.6 Å². The molecule has 5 heteroatoms. The summed E-state index contributed by atoms with van der Waals surface area (Å²) in [7, 11) is 0. The van der Waals surface area contributed by atoms with Gasteiger partial charge < -0.3 is 15.4 Å². The van der Waals surface area contributed by atoms with Gasteiger partial charge in [0, 0.05) is 18.5 Å². The minimum absolute atomic E-state index is 0. The standard InChI is InChI=1S/C16H24N2O2.ClH/c1-12-4-6-13(7-5-12)16(2,3)11-18-15(19)14-10-20-9-8-17-14;/h4-7,14,17H,8-11H2,1-3H3,(H,18,19);1H. The van der Waals surface area contributed by atoms with Gasteiger partial charge in [0.15, 0.2) is 0 Å². The van der Waals surface area contributed by atoms with Crippen molar-refractivity contribution in [2.45, 2.75) is 32.2 Å². The summed E-state index contributed by atoms with van der Waals surface area (Å²) in [5.74, 6) is 0.0184. The number of morpholine rings is 1. The maximum Gasteiger partial charge on any atom is 0.239 e. The lowest BCUT2D eigenvalue weighted by atomic mass is 9.84. The fourth-order valence-corrected chi connectivity index (χ4v) is 2.27. The largest absolute Gasteiger partial charge is 0.378 e. The van der Waals surface area contributed by atoms with Crippen molar-refractivity contribution < 1.29 is 9.53 Å². The average molecular weight is 313 g/mol. The second kappa shape index (κ2) is 7.78. The number of carbonyl (C=O) groups is 1. The van der Waals surface area contributed by atoms with E-state index in [1.54, 1.807) is 0 Å². The lowest BCUT2D eigenvalue weighted by Gasteiger charge is -2.28. The molecule has 118 valence electrons. The Balaban J connectivity index is 0.00000220. The summed E-state index contributed by atoms with van der Waals surface area (Å²) in [6.45, 7) is 8.85. The van der Waals surface area contributed by atoms with Crippen LogP contribution in [-0.2, 0) is 14.9 Å². The number of benzene rings is 1. The van der Waals surface area contributed by atoms with Gasteiger partial charge in [0.25, 0.3) is 0 Å². The minimum Gasteiger partial charge on any atom is -0.378 e. The molecule has 0 aliphatic carbocycles. The number of aryl methyl sites for hydroxylation is 1. The normalized spacial score (nSPS) is 18.7. The van der Waals surface area contributed by atoms with Crippen molar-refractivity contribution in [2.24, 2.45) is 0 Å². The molecule has 2 rings (SSSR count). The third-order valence-electron chi connectivity index (χ3n) is 3.78. The first-order valence-corrected chi connectivity index (χ1v) is 7.15. The maximum atomic E-state index is 12.1. The molecule has 1 atom stereocenters. The van der Waals surface area contributed by atoms with E-state index >= 15 is 0 Å². The SMILES string of the molecule is Cc1ccc(C(C)(C)CNC(=O)C2COCCN2)cc1.Cl. The molecule has 0 aromatic heterocycles. The average Bonchev–Trinajstić information content (AvgIpc) is 2.46. The number of rotatable bonds is 4. The van der Waals surface area contributed by atoms with E-state index in [1.165, 1.54) is 11.1 Å². The number of hydrogen-bond donors (Lipinski definition) is 2. The van der Waals surface area contributed by atoms with Crippen LogP contribution in [0.4, 0.5) is 0 Å². The first kappa shape index (κ1) is 18.0. The Hall–Kier alpha value is -1.10. The molecule has 2 N–H and O–H groups in total. The molecule has 1 aromatic carbocycles. The number of nitrogens with one attached hydrogen (secondary N) is 2. The van der Waals surface area contributed by atoms with E-state index in [0.29, 0.717) is 19.8 Å². The molecule has 0 bridgehead atoms. The summed E-state index contributed by atoms with van der Waals surface area (Å²) in [5.41, 5.74) is 2.40. The van der Waals surface area contributed by atoms with E-state index in [4.69, 9.17) is 4.74 Å². The van der Waals surface area contributed by atoms with E-state index in [1.807, 2.05) is 0 Å². The summed E-state index contributed by atoms with van der Waals surface area (Å²) in [6, 6.07) is 8.25. The maximum absolute atomic E-state index is 12.1. The van der Waals surface area contributed by atoms with Crippen LogP contribution in [0.5, 0.6) is 0 Å². The zero-order chi connectivity index (χ0) is 14.6. The van der Waals surface area contributed by atoms with Crippen LogP contribution in [0.1, 0.15) is 25.0 Å². The second-order valence-corrected chi connectivity index (χ2v) is 6.05. The van der Waals surface area contributed by atoms with Crippen LogP contribution < -0.4 is 10.6 Å². The molecular weight excluding hydrogens is 288 g/mol. The number of amides is 1. The van der Waals surface area contributed by atoms with Crippen molar-refractivity contribution >= 4 is 18.3 Å². The number of halogens is 1. The van der Waals surface area contributed by atoms with Crippen LogP contribution >= 0.6 is 12.4 Å². The molecule has 21 heavy (non-hydrogen) atoms. The molecule has 0 saturated carbocycles. The van der Waals surface area contributed by atoms with Crippen molar-refractivity contribution in [3.8, 4) is 0 Å². The molecule has 1 unspecified atom stereocenters. The molecular formula is C16H25ClN2O2. The molecule has 1 amide bonds. The van der Waals surface area contributed by atoms with Gasteiger partial charge in [-0.1, -0.05) is 43.7 Å². The van der Waals surface area contributed by atoms with E-state index in [9.17, 15) is 4.79 Å². The summed E-state index contributed by atoms with van der Waals surface area (Å²) in [4.78, 5) is 12.1. The molecule has 1 saturated heterocycles. The Morgan fingerprint density at radius 2 is 2.05 bits per heavy atom. The molecule has 4 nitrogen and oxygen atoms in total. The summed E-state index contributed by atoms with van der Waals surface area (Å²) in [5, 5.41) is 6.19. The van der Waals surface area contributed by atoms with Gasteiger partial charge in [-0.25, -0.2) is 0 Å². The molecule has 1 aliphatic rings. The quantitative estimate of drug-likeness (QED) is 0.891. The van der Waals surface area contributed by atoms with Crippen LogP contribution in [0.15, 0.2) is 24.3 Å². The van der Waals surface area contributed by atoms with Crippen LogP contribution in [0.3, 0.4) is 0 Å². The Morgan fingerprint density at radius 3 is 2.62 bits per heavy atom. The Labute approximate surface area is 133 Å². The highest BCUT2D eigenvalue weighted by molar-refractivity contribution is 5.85. The lowest BCUT2D eigenvalue weighted by Crippen LogP contribution is -2.52. The predicted octanol–water partition coefficient (Wildman–Crippen LogP) is 1.80. The Kier molecular flexibility index (Phi) is 6.65. The fourth-order valence-electron chi connectivity index (χ4n) is 2.27. The zero-order valence-electron chi connectivity index (χ0n) is 12.9. The molecule has 1 fully saturated rings. The minimum atomic E-state index is -0.224. The van der Waals surface area contributed by atoms with Crippen LogP contribution in [0.2, 0.25) is 0 Å². The van der Waals surface area contributed by atoms with Gasteiger partial charge in [-0.05, 0) is 12.5 Å². The topological polar surface area (TPSA) is 50.4 Å².